The van der Waals surface area contributed by atoms with Crippen LogP contribution >= 0.6 is 0 Å². The molecule has 1 rings (SSSR count). The van der Waals surface area contributed by atoms with Crippen molar-refractivity contribution in [3.8, 4) is 0 Å². The van der Waals surface area contributed by atoms with Crippen molar-refractivity contribution in [3.05, 3.63) is 5.82 Å². The van der Waals surface area contributed by atoms with E-state index in [0.717, 1.165) is 0 Å². The number of nitrogens with zero attached hydrogens (tertiary/aromatic N) is 3. The van der Waals surface area contributed by atoms with Gasteiger partial charge in [-0.25, -0.2) is 4.79 Å². The minimum absolute atomic E-state index is 0.0400. The summed E-state index contributed by atoms with van der Waals surface area (Å²) in [6.07, 6.45) is 0. The van der Waals surface area contributed by atoms with E-state index in [9.17, 15) is 4.79 Å². The third kappa shape index (κ3) is 1.28. The fourth-order valence-electron chi connectivity index (χ4n) is 0.444. The van der Waals surface area contributed by atoms with Gasteiger partial charge in [-0.2, -0.15) is 5.21 Å². The first-order valence-corrected chi connectivity index (χ1v) is 2.75. The summed E-state index contributed by atoms with van der Waals surface area (Å²) in [5.41, 5.74) is 0. The Morgan fingerprint density at radius 1 is 1.80 bits per heavy atom. The molecule has 0 unspecified atom stereocenters. The summed E-state index contributed by atoms with van der Waals surface area (Å²) < 4.78 is 4.56. The first-order valence-electron chi connectivity index (χ1n) is 2.75. The van der Waals surface area contributed by atoms with Gasteiger partial charge >= 0.3 is 5.97 Å². The fraction of sp³-hybridized carbons (Fsp3) is 0.500. The third-order valence-electron chi connectivity index (χ3n) is 0.803. The molecule has 0 aliphatic heterocycles. The lowest BCUT2D eigenvalue weighted by Crippen LogP contribution is -2.06. The molecule has 1 N–H and O–H groups in total. The molecule has 0 saturated heterocycles. The second kappa shape index (κ2) is 2.90. The zero-order valence-corrected chi connectivity index (χ0v) is 5.37. The van der Waals surface area contributed by atoms with Crippen LogP contribution in [-0.4, -0.2) is 33.2 Å². The van der Waals surface area contributed by atoms with E-state index in [0.29, 0.717) is 6.61 Å². The molecule has 1 aromatic rings. The minimum atomic E-state index is -0.559. The molecule has 6 heteroatoms. The van der Waals surface area contributed by atoms with Crippen molar-refractivity contribution in [3.63, 3.8) is 0 Å². The van der Waals surface area contributed by atoms with Crippen molar-refractivity contribution in [2.45, 2.75) is 6.92 Å². The fourth-order valence-corrected chi connectivity index (χ4v) is 0.444. The summed E-state index contributed by atoms with van der Waals surface area (Å²) in [6, 6.07) is 0. The summed E-state index contributed by atoms with van der Waals surface area (Å²) in [4.78, 5) is 10.7. The van der Waals surface area contributed by atoms with E-state index in [1.165, 1.54) is 0 Å². The molecule has 0 aliphatic carbocycles. The summed E-state index contributed by atoms with van der Waals surface area (Å²) in [7, 11) is 0. The first kappa shape index (κ1) is 6.66. The van der Waals surface area contributed by atoms with Crippen LogP contribution in [0.3, 0.4) is 0 Å². The Morgan fingerprint density at radius 2 is 2.60 bits per heavy atom. The Balaban J connectivity index is 2.59. The Bertz CT molecular complexity index is 207. The molecular weight excluding hydrogens is 136 g/mol. The van der Waals surface area contributed by atoms with Gasteiger partial charge < -0.3 is 4.74 Å². The van der Waals surface area contributed by atoms with E-state index >= 15 is 0 Å². The number of hydrogen-bond donors (Lipinski definition) is 1. The molecular formula is C4H6N4O2. The van der Waals surface area contributed by atoms with Crippen LogP contribution in [0.25, 0.3) is 0 Å². The Hall–Kier alpha value is -1.46. The number of tetrazole rings is 1. The van der Waals surface area contributed by atoms with Gasteiger partial charge in [0.05, 0.1) is 6.61 Å². The van der Waals surface area contributed by atoms with Crippen LogP contribution in [0.15, 0.2) is 0 Å². The maximum absolute atomic E-state index is 10.7. The normalized spacial score (nSPS) is 9.30. The molecule has 1 aromatic heterocycles. The van der Waals surface area contributed by atoms with Gasteiger partial charge in [0, 0.05) is 0 Å². The summed E-state index contributed by atoms with van der Waals surface area (Å²) in [6.45, 7) is 2.02. The quantitative estimate of drug-likeness (QED) is 0.556. The number of nitrogens with one attached hydrogen (secondary N) is 1. The van der Waals surface area contributed by atoms with Crippen LogP contribution in [0.5, 0.6) is 0 Å². The molecule has 0 radical (unpaired) electrons. The Kier molecular flexibility index (Phi) is 1.93. The topological polar surface area (TPSA) is 80.8 Å². The molecule has 0 spiro atoms. The monoisotopic (exact) mass is 142 g/mol. The summed E-state index contributed by atoms with van der Waals surface area (Å²) in [5.74, 6) is -0.599. The van der Waals surface area contributed by atoms with Crippen LogP contribution in [0.2, 0.25) is 0 Å². The molecule has 0 fully saturated rings. The lowest BCUT2D eigenvalue weighted by molar-refractivity contribution is 0.0512. The first-order chi connectivity index (χ1) is 4.84. The lowest BCUT2D eigenvalue weighted by Gasteiger charge is -1.92. The Morgan fingerprint density at radius 3 is 3.10 bits per heavy atom. The van der Waals surface area contributed by atoms with Crippen molar-refractivity contribution >= 4 is 5.97 Å². The van der Waals surface area contributed by atoms with Crippen LogP contribution in [0.1, 0.15) is 17.5 Å². The zero-order chi connectivity index (χ0) is 7.40. The minimum Gasteiger partial charge on any atom is -0.460 e. The average Bonchev–Trinajstić information content (AvgIpc) is 2.38. The smallest absolute Gasteiger partial charge is 0.380 e. The van der Waals surface area contributed by atoms with Crippen molar-refractivity contribution < 1.29 is 9.53 Å². The molecule has 0 aromatic carbocycles. The van der Waals surface area contributed by atoms with Gasteiger partial charge in [-0.1, -0.05) is 0 Å². The molecule has 0 atom stereocenters. The standard InChI is InChI=1S/C4H6N4O2/c1-2-10-4(9)3-5-7-8-6-3/h2H2,1H3,(H,5,6,7,8). The third-order valence-corrected chi connectivity index (χ3v) is 0.803. The van der Waals surface area contributed by atoms with Crippen LogP contribution < -0.4 is 0 Å². The van der Waals surface area contributed by atoms with Crippen LogP contribution in [-0.2, 0) is 4.74 Å². The van der Waals surface area contributed by atoms with E-state index in [-0.39, 0.29) is 5.82 Å². The number of rotatable bonds is 2. The lowest BCUT2D eigenvalue weighted by atomic mass is 10.6. The van der Waals surface area contributed by atoms with E-state index < -0.39 is 5.97 Å². The predicted octanol–water partition coefficient (Wildman–Crippen LogP) is -0.624. The highest BCUT2D eigenvalue weighted by atomic mass is 16.5. The molecule has 0 bridgehead atoms. The highest BCUT2D eigenvalue weighted by Crippen LogP contribution is 1.87. The number of aromatic amines is 1. The summed E-state index contributed by atoms with van der Waals surface area (Å²) >= 11 is 0. The molecule has 0 amide bonds. The number of H-pyrrole nitrogens is 1. The highest BCUT2D eigenvalue weighted by Gasteiger charge is 2.09. The molecule has 0 saturated carbocycles. The van der Waals surface area contributed by atoms with Crippen molar-refractivity contribution in [1.82, 2.24) is 20.6 Å². The highest BCUT2D eigenvalue weighted by molar-refractivity contribution is 5.84. The van der Waals surface area contributed by atoms with Gasteiger partial charge in [-0.05, 0) is 12.1 Å². The van der Waals surface area contributed by atoms with Gasteiger partial charge in [-0.15, -0.1) is 10.2 Å². The number of carbonyl (C=O) groups excluding carboxylic acids is 1. The van der Waals surface area contributed by atoms with Gasteiger partial charge in [-0.3, -0.25) is 0 Å². The van der Waals surface area contributed by atoms with E-state index in [2.05, 4.69) is 25.4 Å². The van der Waals surface area contributed by atoms with Gasteiger partial charge in [0.1, 0.15) is 0 Å². The maximum atomic E-state index is 10.7. The second-order valence-corrected chi connectivity index (χ2v) is 1.46. The molecule has 6 nitrogen and oxygen atoms in total. The van der Waals surface area contributed by atoms with Crippen LogP contribution in [0.4, 0.5) is 0 Å². The number of esters is 1. The molecule has 1 heterocycles. The number of carbonyl (C=O) groups is 1. The average molecular weight is 142 g/mol. The largest absolute Gasteiger partial charge is 0.460 e. The molecule has 0 aliphatic rings. The second-order valence-electron chi connectivity index (χ2n) is 1.46. The Labute approximate surface area is 56.6 Å². The van der Waals surface area contributed by atoms with Crippen molar-refractivity contribution in [1.29, 1.82) is 0 Å². The van der Waals surface area contributed by atoms with Crippen LogP contribution in [0, 0.1) is 0 Å². The number of hydrogen-bond acceptors (Lipinski definition) is 5. The molecule has 10 heavy (non-hydrogen) atoms. The van der Waals surface area contributed by atoms with E-state index in [1.807, 2.05) is 0 Å². The zero-order valence-electron chi connectivity index (χ0n) is 5.37. The molecule has 54 valence electrons. The number of ether oxygens (including phenoxy) is 1. The van der Waals surface area contributed by atoms with Gasteiger partial charge in [0.2, 0.25) is 0 Å². The predicted molar refractivity (Wildman–Crippen MR) is 30.1 cm³/mol. The van der Waals surface area contributed by atoms with Gasteiger partial charge in [0.15, 0.2) is 0 Å². The van der Waals surface area contributed by atoms with Gasteiger partial charge in [0.25, 0.3) is 5.82 Å². The van der Waals surface area contributed by atoms with Crippen molar-refractivity contribution in [2.24, 2.45) is 0 Å². The van der Waals surface area contributed by atoms with Crippen molar-refractivity contribution in [2.75, 3.05) is 6.61 Å². The number of aromatic nitrogens is 4. The van der Waals surface area contributed by atoms with E-state index in [1.54, 1.807) is 6.92 Å². The summed E-state index contributed by atoms with van der Waals surface area (Å²) in [5, 5.41) is 12.2. The SMILES string of the molecule is CCOC(=O)c1nn[nH]n1. The van der Waals surface area contributed by atoms with E-state index in [4.69, 9.17) is 0 Å². The maximum Gasteiger partial charge on any atom is 0.380 e.